The van der Waals surface area contributed by atoms with Crippen LogP contribution in [-0.2, 0) is 6.54 Å². The van der Waals surface area contributed by atoms with Crippen LogP contribution in [0.5, 0.6) is 5.75 Å². The number of thioether (sulfide) groups is 1. The molecule has 0 unspecified atom stereocenters. The first-order valence-corrected chi connectivity index (χ1v) is 7.36. The molecule has 5 nitrogen and oxygen atoms in total. The largest absolute Gasteiger partial charge is 0.497 e. The van der Waals surface area contributed by atoms with Crippen LogP contribution in [0, 0.1) is 10.7 Å². The fourth-order valence-corrected chi connectivity index (χ4v) is 2.14. The molecule has 2 aromatic rings. The first kappa shape index (κ1) is 15.7. The van der Waals surface area contributed by atoms with Crippen molar-refractivity contribution in [2.24, 2.45) is 0 Å². The summed E-state index contributed by atoms with van der Waals surface area (Å²) in [4.78, 5) is 12.7. The Hall–Kier alpha value is -2.65. The smallest absolute Gasteiger partial charge is 0.319 e. The number of ether oxygens (including phenoxy) is 1. The van der Waals surface area contributed by atoms with Gasteiger partial charge in [-0.1, -0.05) is 12.1 Å². The Balaban J connectivity index is 1.83. The minimum Gasteiger partial charge on any atom is -0.497 e. The number of anilines is 1. The van der Waals surface area contributed by atoms with Gasteiger partial charge in [-0.15, -0.1) is 0 Å². The molecule has 2 amide bonds. The van der Waals surface area contributed by atoms with Crippen molar-refractivity contribution in [1.82, 2.24) is 5.32 Å². The van der Waals surface area contributed by atoms with E-state index in [2.05, 4.69) is 10.6 Å². The van der Waals surface area contributed by atoms with Gasteiger partial charge in [0.1, 0.15) is 11.2 Å². The van der Waals surface area contributed by atoms with E-state index in [-0.39, 0.29) is 6.03 Å². The minimum absolute atomic E-state index is 0.281. The van der Waals surface area contributed by atoms with E-state index in [9.17, 15) is 4.79 Å². The maximum atomic E-state index is 11.8. The van der Waals surface area contributed by atoms with Gasteiger partial charge in [0, 0.05) is 17.1 Å². The van der Waals surface area contributed by atoms with E-state index in [4.69, 9.17) is 10.00 Å². The molecule has 0 saturated carbocycles. The van der Waals surface area contributed by atoms with Gasteiger partial charge in [0.25, 0.3) is 0 Å². The quantitative estimate of drug-likeness (QED) is 0.653. The van der Waals surface area contributed by atoms with E-state index in [1.165, 1.54) is 0 Å². The van der Waals surface area contributed by atoms with Crippen LogP contribution in [0.1, 0.15) is 5.56 Å². The average molecular weight is 313 g/mol. The summed E-state index contributed by atoms with van der Waals surface area (Å²) in [5, 5.41) is 16.1. The molecule has 2 N–H and O–H groups in total. The van der Waals surface area contributed by atoms with E-state index in [1.807, 2.05) is 29.7 Å². The van der Waals surface area contributed by atoms with E-state index in [0.29, 0.717) is 12.2 Å². The average Bonchev–Trinajstić information content (AvgIpc) is 2.55. The zero-order chi connectivity index (χ0) is 15.8. The lowest BCUT2D eigenvalue weighted by molar-refractivity contribution is 0.251. The van der Waals surface area contributed by atoms with Crippen LogP contribution < -0.4 is 15.4 Å². The third-order valence-electron chi connectivity index (χ3n) is 2.89. The second-order valence-corrected chi connectivity index (χ2v) is 5.23. The Bertz CT molecular complexity index is 663. The van der Waals surface area contributed by atoms with E-state index in [1.54, 1.807) is 31.4 Å². The normalized spacial score (nSPS) is 9.64. The Labute approximate surface area is 133 Å². The summed E-state index contributed by atoms with van der Waals surface area (Å²) in [5.74, 6) is 0.781. The summed E-state index contributed by atoms with van der Waals surface area (Å²) in [7, 11) is 1.61. The molecule has 0 heterocycles. The lowest BCUT2D eigenvalue weighted by atomic mass is 10.2. The summed E-state index contributed by atoms with van der Waals surface area (Å²) in [6, 6.07) is 14.3. The summed E-state index contributed by atoms with van der Waals surface area (Å²) < 4.78 is 5.08. The highest BCUT2D eigenvalue weighted by Gasteiger charge is 2.02. The minimum atomic E-state index is -0.281. The van der Waals surface area contributed by atoms with Gasteiger partial charge >= 0.3 is 6.03 Å². The maximum Gasteiger partial charge on any atom is 0.319 e. The fraction of sp³-hybridized carbons (Fsp3) is 0.125. The third-order valence-corrected chi connectivity index (χ3v) is 3.49. The van der Waals surface area contributed by atoms with Crippen LogP contribution >= 0.6 is 11.8 Å². The number of amides is 2. The summed E-state index contributed by atoms with van der Waals surface area (Å²) >= 11 is 1.08. The number of thiocyanates is 1. The van der Waals surface area contributed by atoms with Crippen molar-refractivity contribution >= 4 is 23.5 Å². The molecule has 112 valence electrons. The molecular formula is C16H15N3O2S. The second kappa shape index (κ2) is 7.96. The molecular weight excluding hydrogens is 298 g/mol. The van der Waals surface area contributed by atoms with Gasteiger partial charge < -0.3 is 15.4 Å². The molecule has 6 heteroatoms. The van der Waals surface area contributed by atoms with Gasteiger partial charge in [-0.3, -0.25) is 0 Å². The summed E-state index contributed by atoms with van der Waals surface area (Å²) in [6.45, 7) is 0.429. The van der Waals surface area contributed by atoms with Crippen molar-refractivity contribution < 1.29 is 9.53 Å². The Kier molecular flexibility index (Phi) is 5.69. The number of rotatable bonds is 5. The molecule has 0 fully saturated rings. The highest BCUT2D eigenvalue weighted by molar-refractivity contribution is 8.03. The molecule has 2 rings (SSSR count). The van der Waals surface area contributed by atoms with Crippen LogP contribution in [-0.4, -0.2) is 13.1 Å². The standard InChI is InChI=1S/C16H15N3O2S/c1-21-14-6-2-12(3-7-14)10-18-16(20)19-13-4-8-15(9-5-13)22-11-17/h2-9H,10H2,1H3,(H2,18,19,20). The molecule has 22 heavy (non-hydrogen) atoms. The molecule has 0 spiro atoms. The topological polar surface area (TPSA) is 74.2 Å². The molecule has 0 aliphatic heterocycles. The van der Waals surface area contributed by atoms with Crippen molar-refractivity contribution in [3.63, 3.8) is 0 Å². The Morgan fingerprint density at radius 2 is 1.86 bits per heavy atom. The number of urea groups is 1. The van der Waals surface area contributed by atoms with Crippen LogP contribution in [0.2, 0.25) is 0 Å². The molecule has 0 radical (unpaired) electrons. The number of benzene rings is 2. The van der Waals surface area contributed by atoms with Gasteiger partial charge in [0.2, 0.25) is 0 Å². The third kappa shape index (κ3) is 4.72. The number of nitrogens with zero attached hydrogens (tertiary/aromatic N) is 1. The van der Waals surface area contributed by atoms with Crippen molar-refractivity contribution in [1.29, 1.82) is 5.26 Å². The van der Waals surface area contributed by atoms with Crippen molar-refractivity contribution in [3.8, 4) is 11.2 Å². The van der Waals surface area contributed by atoms with Crippen LogP contribution in [0.25, 0.3) is 0 Å². The lowest BCUT2D eigenvalue weighted by Gasteiger charge is -2.08. The molecule has 0 aliphatic rings. The van der Waals surface area contributed by atoms with E-state index in [0.717, 1.165) is 28.0 Å². The number of methoxy groups -OCH3 is 1. The maximum absolute atomic E-state index is 11.8. The van der Waals surface area contributed by atoms with Crippen molar-refractivity contribution in [3.05, 3.63) is 54.1 Å². The SMILES string of the molecule is COc1ccc(CNC(=O)Nc2ccc(SC#N)cc2)cc1. The van der Waals surface area contributed by atoms with Gasteiger partial charge in [-0.05, 0) is 53.7 Å². The predicted molar refractivity (Wildman–Crippen MR) is 86.8 cm³/mol. The molecule has 0 bridgehead atoms. The summed E-state index contributed by atoms with van der Waals surface area (Å²) in [6.07, 6.45) is 0. The number of hydrogen-bond acceptors (Lipinski definition) is 4. The van der Waals surface area contributed by atoms with Gasteiger partial charge in [-0.25, -0.2) is 4.79 Å². The van der Waals surface area contributed by atoms with Crippen LogP contribution in [0.15, 0.2) is 53.4 Å². The summed E-state index contributed by atoms with van der Waals surface area (Å²) in [5.41, 5.74) is 1.66. The zero-order valence-electron chi connectivity index (χ0n) is 12.0. The molecule has 0 aliphatic carbocycles. The van der Waals surface area contributed by atoms with Crippen molar-refractivity contribution in [2.45, 2.75) is 11.4 Å². The number of carbonyl (C=O) groups excluding carboxylic acids is 1. The van der Waals surface area contributed by atoms with Gasteiger partial charge in [-0.2, -0.15) is 5.26 Å². The second-order valence-electron chi connectivity index (χ2n) is 4.37. The Morgan fingerprint density at radius 3 is 2.45 bits per heavy atom. The number of nitriles is 1. The fourth-order valence-electron chi connectivity index (χ4n) is 1.76. The van der Waals surface area contributed by atoms with Gasteiger partial charge in [0.05, 0.1) is 7.11 Å². The Morgan fingerprint density at radius 1 is 1.18 bits per heavy atom. The molecule has 2 aromatic carbocycles. The number of hydrogen-bond donors (Lipinski definition) is 2. The lowest BCUT2D eigenvalue weighted by Crippen LogP contribution is -2.28. The predicted octanol–water partition coefficient (Wildman–Crippen LogP) is 3.59. The first-order chi connectivity index (χ1) is 10.7. The zero-order valence-corrected chi connectivity index (χ0v) is 12.8. The van der Waals surface area contributed by atoms with Crippen LogP contribution in [0.4, 0.5) is 10.5 Å². The van der Waals surface area contributed by atoms with E-state index < -0.39 is 0 Å². The monoisotopic (exact) mass is 313 g/mol. The van der Waals surface area contributed by atoms with Crippen LogP contribution in [0.3, 0.4) is 0 Å². The number of nitrogens with one attached hydrogen (secondary N) is 2. The van der Waals surface area contributed by atoms with Gasteiger partial charge in [0.15, 0.2) is 0 Å². The molecule has 0 saturated heterocycles. The molecule has 0 aromatic heterocycles. The highest BCUT2D eigenvalue weighted by atomic mass is 32.2. The van der Waals surface area contributed by atoms with E-state index >= 15 is 0 Å². The number of carbonyl (C=O) groups is 1. The van der Waals surface area contributed by atoms with Crippen molar-refractivity contribution in [2.75, 3.05) is 12.4 Å². The molecule has 0 atom stereocenters. The highest BCUT2D eigenvalue weighted by Crippen LogP contribution is 2.18. The first-order valence-electron chi connectivity index (χ1n) is 6.55.